The number of rotatable bonds is 59. The molecule has 0 aromatic heterocycles. The minimum atomic E-state index is -2.21. The second kappa shape index (κ2) is 55.0. The largest absolute Gasteiger partial charge is 0.508 e. The number of aromatic hydroxyl groups is 1. The third kappa shape index (κ3) is 38.9. The Morgan fingerprint density at radius 3 is 1.00 bits per heavy atom. The number of phenols is 1. The Labute approximate surface area is 741 Å². The van der Waals surface area contributed by atoms with Gasteiger partial charge in [-0.25, -0.2) is 4.79 Å². The third-order valence-electron chi connectivity index (χ3n) is 20.1. The zero-order valence-corrected chi connectivity index (χ0v) is 71.7. The average Bonchev–Trinajstić information content (AvgIpc) is 0.894. The molecule has 0 aliphatic rings. The van der Waals surface area contributed by atoms with Gasteiger partial charge in [-0.05, 0) is 104 Å². The van der Waals surface area contributed by atoms with E-state index in [1.54, 1.807) is 110 Å². The summed E-state index contributed by atoms with van der Waals surface area (Å²) in [4.78, 5) is 270. The SMILES string of the molecule is CC[C@H](C)[C@H](NC(=O)[C@H](Cc1ccc(O)cc1)NC(=O)[C@@H](N)Cc1ccccc1)C(=O)N[C@@H](CS)C(=O)N[C@@H](CCC(=O)O)C(=O)N[C@H](C(=O)N[C@@H](Cc1ccccc1)C(=O)N[C@@H](Cc1ccccc1)C(=O)N[C@@H](CCC(N)=O)C(=O)N[C@@H](CCCCN)C(=O)N[C@@H](CCC(=O)O)C(=O)N[C@@H](CCC(=O)O)C(=O)N[C@@H](CC(=O)O)C(=O)N[C@@H](CC(=O)O)C(=O)O)C(C)C. The van der Waals surface area contributed by atoms with E-state index in [0.717, 1.165) is 5.56 Å². The summed E-state index contributed by atoms with van der Waals surface area (Å²) in [6.07, 6.45) is -9.15. The Kier molecular flexibility index (Phi) is 45.8. The number of hydrogen-bond acceptors (Lipinski definition) is 24. The van der Waals surface area contributed by atoms with Crippen molar-refractivity contribution in [2.45, 2.75) is 228 Å². The van der Waals surface area contributed by atoms with Crippen LogP contribution in [0.25, 0.3) is 0 Å². The lowest BCUT2D eigenvalue weighted by Crippen LogP contribution is -2.62. The molecule has 0 unspecified atom stereocenters. The van der Waals surface area contributed by atoms with Crippen molar-refractivity contribution < 1.29 is 132 Å². The molecular formula is C84H114N16O27S. The molecule has 4 aromatic carbocycles. The first-order chi connectivity index (χ1) is 60.5. The van der Waals surface area contributed by atoms with Crippen LogP contribution in [-0.4, -0.2) is 251 Å². The second-order valence-electron chi connectivity index (χ2n) is 30.6. The van der Waals surface area contributed by atoms with Crippen LogP contribution in [0.15, 0.2) is 115 Å². The lowest BCUT2D eigenvalue weighted by atomic mass is 9.96. The molecule has 0 aliphatic heterocycles. The predicted molar refractivity (Wildman–Crippen MR) is 458 cm³/mol. The maximum Gasteiger partial charge on any atom is 0.326 e. The topological polar surface area (TPSA) is 717 Å². The van der Waals surface area contributed by atoms with Crippen LogP contribution in [0.3, 0.4) is 0 Å². The Morgan fingerprint density at radius 1 is 0.328 bits per heavy atom. The van der Waals surface area contributed by atoms with E-state index in [2.05, 4.69) is 71.1 Å². The van der Waals surface area contributed by atoms with E-state index in [9.17, 15) is 122 Å². The molecule has 26 N–H and O–H groups in total. The number of carboxylic acids is 6. The van der Waals surface area contributed by atoms with Crippen molar-refractivity contribution in [3.05, 3.63) is 138 Å². The van der Waals surface area contributed by atoms with Gasteiger partial charge < -0.3 is 122 Å². The number of nitrogens with two attached hydrogens (primary N) is 3. The van der Waals surface area contributed by atoms with Crippen molar-refractivity contribution in [1.29, 1.82) is 0 Å². The Morgan fingerprint density at radius 2 is 0.625 bits per heavy atom. The van der Waals surface area contributed by atoms with Crippen molar-refractivity contribution in [3.8, 4) is 5.75 Å². The molecule has 0 fully saturated rings. The monoisotopic (exact) mass is 1810 g/mol. The lowest BCUT2D eigenvalue weighted by molar-refractivity contribution is -0.148. The quantitative estimate of drug-likeness (QED) is 0.0154. The molecule has 0 saturated heterocycles. The van der Waals surface area contributed by atoms with Gasteiger partial charge in [0.1, 0.15) is 84.3 Å². The minimum absolute atomic E-state index is 0.0148. The molecule has 15 atom stereocenters. The number of unbranched alkanes of at least 4 members (excludes halogenated alkanes) is 1. The molecule has 0 heterocycles. The van der Waals surface area contributed by atoms with Gasteiger partial charge in [0.2, 0.25) is 82.7 Å². The fourth-order valence-electron chi connectivity index (χ4n) is 12.8. The van der Waals surface area contributed by atoms with Crippen molar-refractivity contribution in [2.75, 3.05) is 12.3 Å². The summed E-state index contributed by atoms with van der Waals surface area (Å²) in [5, 5.41) is 98.7. The minimum Gasteiger partial charge on any atom is -0.508 e. The highest BCUT2D eigenvalue weighted by molar-refractivity contribution is 7.80. The van der Waals surface area contributed by atoms with Crippen molar-refractivity contribution >= 4 is 131 Å². The first kappa shape index (κ1) is 107. The van der Waals surface area contributed by atoms with Crippen LogP contribution in [0.2, 0.25) is 0 Å². The van der Waals surface area contributed by atoms with Crippen molar-refractivity contribution in [2.24, 2.45) is 29.0 Å². The highest BCUT2D eigenvalue weighted by Crippen LogP contribution is 2.18. The number of primary amides is 1. The summed E-state index contributed by atoms with van der Waals surface area (Å²) in [5.74, 6) is -27.8. The number of carbonyl (C=O) groups excluding carboxylic acids is 14. The Bertz CT molecular complexity index is 4500. The van der Waals surface area contributed by atoms with E-state index in [4.69, 9.17) is 17.2 Å². The molecule has 0 radical (unpaired) electrons. The van der Waals surface area contributed by atoms with Crippen LogP contribution in [0.5, 0.6) is 5.75 Å². The van der Waals surface area contributed by atoms with Gasteiger partial charge in [-0.3, -0.25) is 91.1 Å². The number of aliphatic carboxylic acids is 6. The van der Waals surface area contributed by atoms with Gasteiger partial charge in [0.15, 0.2) is 0 Å². The van der Waals surface area contributed by atoms with Gasteiger partial charge >= 0.3 is 35.8 Å². The van der Waals surface area contributed by atoms with Gasteiger partial charge in [0.05, 0.1) is 18.9 Å². The van der Waals surface area contributed by atoms with Crippen LogP contribution in [-0.2, 0) is 122 Å². The average molecular weight is 1810 g/mol. The predicted octanol–water partition coefficient (Wildman–Crippen LogP) is -3.05. The number of carboxylic acid groups (broad SMARTS) is 6. The third-order valence-corrected chi connectivity index (χ3v) is 20.4. The molecule has 44 heteroatoms. The molecule has 14 amide bonds. The van der Waals surface area contributed by atoms with E-state index in [1.165, 1.54) is 38.1 Å². The van der Waals surface area contributed by atoms with Gasteiger partial charge in [-0.1, -0.05) is 137 Å². The Balaban J connectivity index is 1.66. The number of thiol groups is 1. The summed E-state index contributed by atoms with van der Waals surface area (Å²) in [5.41, 5.74) is 19.7. The number of benzene rings is 4. The summed E-state index contributed by atoms with van der Waals surface area (Å²) in [6.45, 7) is 6.35. The smallest absolute Gasteiger partial charge is 0.326 e. The molecule has 0 saturated carbocycles. The fraction of sp³-hybridized carbons (Fsp3) is 0.476. The molecule has 4 aromatic rings. The van der Waals surface area contributed by atoms with Crippen LogP contribution in [0.4, 0.5) is 0 Å². The number of phenolic OH excluding ortho intramolecular Hbond substituents is 1. The summed E-state index contributed by atoms with van der Waals surface area (Å²) >= 11 is 4.31. The number of nitrogens with one attached hydrogen (secondary N) is 13. The maximum atomic E-state index is 15.1. The van der Waals surface area contributed by atoms with Crippen LogP contribution < -0.4 is 86.3 Å². The standard InChI is InChI=1S/C84H114N16O27S/c1-5-45(4)70(100-80(122)59(40-49-24-26-50(101)27-25-49)93-71(113)51(86)37-46-17-9-6-10-18-46)83(125)98-62(43-128)81(123)92-56(31-35-66(107)108)76(118)99-69(44(2)3)82(124)96-58(39-48-21-13-8-14-22-48)78(120)94-57(38-47-19-11-7-12-20-47)77(119)91-53(28-32-63(87)102)73(115)88-52(23-15-16-36-85)72(114)89-54(29-33-64(103)104)74(116)90-55(30-34-65(105)106)75(117)95-60(41-67(109)110)79(121)97-61(84(126)127)42-68(111)112/h6-14,17-22,24-27,44-45,51-62,69-70,101,128H,5,15-16,23,28-43,85-86H2,1-4H3,(H2,87,102)(H,88,115)(H,89,114)(H,90,116)(H,91,119)(H,92,123)(H,93,113)(H,94,120)(H,95,117)(H,96,124)(H,97,121)(H,98,125)(H,99,118)(H,100,122)(H,103,104)(H,105,106)(H,107,108)(H,109,110)(H,111,112)(H,126,127)/t45-,51-,52-,53-,54-,55-,56-,57-,58-,59-,60-,61-,62-,69-,70-/m0/s1. The molecule has 128 heavy (non-hydrogen) atoms. The first-order valence-corrected chi connectivity index (χ1v) is 41.7. The van der Waals surface area contributed by atoms with Crippen molar-refractivity contribution in [3.63, 3.8) is 0 Å². The lowest BCUT2D eigenvalue weighted by Gasteiger charge is -2.30. The molecular weight excluding hydrogens is 1700 g/mol. The number of amides is 14. The van der Waals surface area contributed by atoms with E-state index in [-0.39, 0.29) is 63.7 Å². The van der Waals surface area contributed by atoms with Gasteiger partial charge in [-0.2, -0.15) is 12.6 Å². The van der Waals surface area contributed by atoms with Crippen molar-refractivity contribution in [1.82, 2.24) is 69.1 Å². The molecule has 0 aliphatic carbocycles. The van der Waals surface area contributed by atoms with Crippen LogP contribution >= 0.6 is 12.6 Å². The van der Waals surface area contributed by atoms with Gasteiger partial charge in [-0.15, -0.1) is 0 Å². The van der Waals surface area contributed by atoms with Gasteiger partial charge in [0, 0.05) is 50.7 Å². The summed E-state index contributed by atoms with van der Waals surface area (Å²) < 4.78 is 0. The molecule has 698 valence electrons. The van der Waals surface area contributed by atoms with Gasteiger partial charge in [0.25, 0.3) is 0 Å². The summed E-state index contributed by atoms with van der Waals surface area (Å²) in [7, 11) is 0. The first-order valence-electron chi connectivity index (χ1n) is 41.0. The fourth-order valence-corrected chi connectivity index (χ4v) is 13.0. The van der Waals surface area contributed by atoms with E-state index in [0.29, 0.717) is 16.7 Å². The zero-order chi connectivity index (χ0) is 95.4. The van der Waals surface area contributed by atoms with E-state index in [1.807, 2.05) is 5.32 Å². The van der Waals surface area contributed by atoms with E-state index >= 15 is 9.59 Å². The molecule has 43 nitrogen and oxygen atoms in total. The van der Waals surface area contributed by atoms with E-state index < -0.39 is 285 Å². The van der Waals surface area contributed by atoms with Crippen LogP contribution in [0.1, 0.15) is 140 Å². The normalized spacial score (nSPS) is 14.5. The second-order valence-corrected chi connectivity index (χ2v) is 31.0. The highest BCUT2D eigenvalue weighted by Gasteiger charge is 2.40. The zero-order valence-electron chi connectivity index (χ0n) is 70.8. The molecule has 4 rings (SSSR count). The maximum absolute atomic E-state index is 15.1. The Hall–Kier alpha value is -13.6. The van der Waals surface area contributed by atoms with Crippen LogP contribution in [0, 0.1) is 11.8 Å². The molecule has 0 spiro atoms. The summed E-state index contributed by atoms with van der Waals surface area (Å²) in [6, 6.07) is 6.33. The molecule has 0 bridgehead atoms. The highest BCUT2D eigenvalue weighted by atomic mass is 32.1. The number of carbonyl (C=O) groups is 20. The number of hydrogen-bond donors (Lipinski definition) is 24.